The van der Waals surface area contributed by atoms with Gasteiger partial charge in [0.2, 0.25) is 0 Å². The van der Waals surface area contributed by atoms with Crippen molar-refractivity contribution in [3.8, 4) is 11.5 Å². The SMILES string of the molecule is Cc1cc(N)ccc1Oc1ccc(F)cc1C(N)=O. The molecule has 98 valence electrons. The van der Waals surface area contributed by atoms with Crippen molar-refractivity contribution in [1.29, 1.82) is 0 Å². The highest BCUT2D eigenvalue weighted by Crippen LogP contribution is 2.29. The van der Waals surface area contributed by atoms with E-state index in [1.54, 1.807) is 18.2 Å². The van der Waals surface area contributed by atoms with Crippen molar-refractivity contribution in [3.05, 3.63) is 53.3 Å². The number of anilines is 1. The molecule has 5 heteroatoms. The maximum atomic E-state index is 13.1. The van der Waals surface area contributed by atoms with Crippen molar-refractivity contribution in [2.75, 3.05) is 5.73 Å². The van der Waals surface area contributed by atoms with Gasteiger partial charge in [-0.25, -0.2) is 4.39 Å². The first-order chi connectivity index (χ1) is 8.97. The maximum absolute atomic E-state index is 13.1. The van der Waals surface area contributed by atoms with Gasteiger partial charge in [0, 0.05) is 5.69 Å². The third kappa shape index (κ3) is 2.82. The molecule has 4 N–H and O–H groups in total. The van der Waals surface area contributed by atoms with Crippen LogP contribution in [0.1, 0.15) is 15.9 Å². The van der Waals surface area contributed by atoms with Crippen molar-refractivity contribution in [1.82, 2.24) is 0 Å². The van der Waals surface area contributed by atoms with Crippen LogP contribution in [-0.4, -0.2) is 5.91 Å². The lowest BCUT2D eigenvalue weighted by molar-refractivity contribution is 0.0997. The van der Waals surface area contributed by atoms with Crippen molar-refractivity contribution >= 4 is 11.6 Å². The Balaban J connectivity index is 2.40. The molecular weight excluding hydrogens is 247 g/mol. The van der Waals surface area contributed by atoms with E-state index in [2.05, 4.69) is 0 Å². The smallest absolute Gasteiger partial charge is 0.252 e. The Labute approximate surface area is 109 Å². The van der Waals surface area contributed by atoms with E-state index < -0.39 is 11.7 Å². The molecule has 0 atom stereocenters. The minimum atomic E-state index is -0.748. The van der Waals surface area contributed by atoms with E-state index in [-0.39, 0.29) is 11.3 Å². The second kappa shape index (κ2) is 4.97. The average molecular weight is 260 g/mol. The van der Waals surface area contributed by atoms with Gasteiger partial charge < -0.3 is 16.2 Å². The van der Waals surface area contributed by atoms with Gasteiger partial charge >= 0.3 is 0 Å². The summed E-state index contributed by atoms with van der Waals surface area (Å²) < 4.78 is 18.7. The summed E-state index contributed by atoms with van der Waals surface area (Å²) >= 11 is 0. The first-order valence-corrected chi connectivity index (χ1v) is 5.60. The summed E-state index contributed by atoms with van der Waals surface area (Å²) in [4.78, 5) is 11.3. The van der Waals surface area contributed by atoms with Crippen LogP contribution in [0, 0.1) is 12.7 Å². The lowest BCUT2D eigenvalue weighted by Gasteiger charge is -2.11. The number of aryl methyl sites for hydroxylation is 1. The standard InChI is InChI=1S/C14H13FN2O2/c1-8-6-10(16)3-5-12(8)19-13-4-2-9(15)7-11(13)14(17)18/h2-7H,16H2,1H3,(H2,17,18). The van der Waals surface area contributed by atoms with Crippen LogP contribution < -0.4 is 16.2 Å². The third-order valence-corrected chi connectivity index (χ3v) is 2.63. The number of hydrogen-bond acceptors (Lipinski definition) is 3. The number of carbonyl (C=O) groups excluding carboxylic acids is 1. The maximum Gasteiger partial charge on any atom is 0.252 e. The fraction of sp³-hybridized carbons (Fsp3) is 0.0714. The Hall–Kier alpha value is -2.56. The molecule has 2 rings (SSSR count). The predicted octanol–water partition coefficient (Wildman–Crippen LogP) is 2.61. The van der Waals surface area contributed by atoms with Gasteiger partial charge in [0.15, 0.2) is 0 Å². The zero-order chi connectivity index (χ0) is 14.0. The van der Waals surface area contributed by atoms with Crippen molar-refractivity contribution in [3.63, 3.8) is 0 Å². The largest absolute Gasteiger partial charge is 0.456 e. The normalized spacial score (nSPS) is 10.2. The van der Waals surface area contributed by atoms with Gasteiger partial charge in [0.1, 0.15) is 17.3 Å². The summed E-state index contributed by atoms with van der Waals surface area (Å²) in [5.41, 5.74) is 12.2. The highest BCUT2D eigenvalue weighted by molar-refractivity contribution is 5.95. The van der Waals surface area contributed by atoms with Crippen LogP contribution in [0.2, 0.25) is 0 Å². The Morgan fingerprint density at radius 1 is 1.16 bits per heavy atom. The van der Waals surface area contributed by atoms with Crippen LogP contribution in [0.25, 0.3) is 0 Å². The van der Waals surface area contributed by atoms with Gasteiger partial charge in [-0.05, 0) is 48.9 Å². The Morgan fingerprint density at radius 2 is 1.84 bits per heavy atom. The zero-order valence-corrected chi connectivity index (χ0v) is 10.3. The molecule has 19 heavy (non-hydrogen) atoms. The number of rotatable bonds is 3. The Bertz CT molecular complexity index is 641. The van der Waals surface area contributed by atoms with E-state index in [0.29, 0.717) is 11.4 Å². The molecule has 0 unspecified atom stereocenters. The highest BCUT2D eigenvalue weighted by Gasteiger charge is 2.12. The molecule has 0 aliphatic carbocycles. The average Bonchev–Trinajstić information content (AvgIpc) is 2.34. The van der Waals surface area contributed by atoms with Crippen LogP contribution in [0.3, 0.4) is 0 Å². The molecule has 1 amide bonds. The number of nitrogen functional groups attached to an aromatic ring is 1. The molecule has 0 fully saturated rings. The summed E-state index contributed by atoms with van der Waals surface area (Å²) in [6, 6.07) is 8.71. The Morgan fingerprint density at radius 3 is 2.47 bits per heavy atom. The predicted molar refractivity (Wildman–Crippen MR) is 70.6 cm³/mol. The van der Waals surface area contributed by atoms with Crippen LogP contribution in [0.5, 0.6) is 11.5 Å². The van der Waals surface area contributed by atoms with E-state index in [4.69, 9.17) is 16.2 Å². The summed E-state index contributed by atoms with van der Waals surface area (Å²) in [6.45, 7) is 1.82. The second-order valence-electron chi connectivity index (χ2n) is 4.13. The minimum absolute atomic E-state index is 0.00350. The molecule has 0 aliphatic heterocycles. The molecule has 0 aromatic heterocycles. The number of halogens is 1. The van der Waals surface area contributed by atoms with Gasteiger partial charge in [-0.15, -0.1) is 0 Å². The number of nitrogens with two attached hydrogens (primary N) is 2. The molecule has 0 saturated heterocycles. The molecule has 0 spiro atoms. The Kier molecular flexibility index (Phi) is 3.37. The topological polar surface area (TPSA) is 78.3 Å². The van der Waals surface area contributed by atoms with Crippen molar-refractivity contribution in [2.45, 2.75) is 6.92 Å². The van der Waals surface area contributed by atoms with Crippen LogP contribution in [0.4, 0.5) is 10.1 Å². The van der Waals surface area contributed by atoms with E-state index in [1.165, 1.54) is 12.1 Å². The number of primary amides is 1. The van der Waals surface area contributed by atoms with Gasteiger partial charge in [-0.2, -0.15) is 0 Å². The molecule has 0 bridgehead atoms. The first kappa shape index (κ1) is 12.9. The molecular formula is C14H13FN2O2. The molecule has 0 radical (unpaired) electrons. The molecule has 2 aromatic rings. The molecule has 2 aromatic carbocycles. The first-order valence-electron chi connectivity index (χ1n) is 5.60. The number of ether oxygens (including phenoxy) is 1. The number of benzene rings is 2. The zero-order valence-electron chi connectivity index (χ0n) is 10.3. The summed E-state index contributed by atoms with van der Waals surface area (Å²) in [5.74, 6) is -0.553. The van der Waals surface area contributed by atoms with Gasteiger partial charge in [-0.3, -0.25) is 4.79 Å². The molecule has 4 nitrogen and oxygen atoms in total. The molecule has 0 saturated carbocycles. The molecule has 0 aliphatic rings. The van der Waals surface area contributed by atoms with Gasteiger partial charge in [0.05, 0.1) is 5.56 Å². The minimum Gasteiger partial charge on any atom is -0.456 e. The fourth-order valence-electron chi connectivity index (χ4n) is 1.69. The van der Waals surface area contributed by atoms with Crippen molar-refractivity contribution in [2.24, 2.45) is 5.73 Å². The van der Waals surface area contributed by atoms with Crippen molar-refractivity contribution < 1.29 is 13.9 Å². The second-order valence-corrected chi connectivity index (χ2v) is 4.13. The van der Waals surface area contributed by atoms with E-state index in [0.717, 1.165) is 11.6 Å². The van der Waals surface area contributed by atoms with Gasteiger partial charge in [0.25, 0.3) is 5.91 Å². The lowest BCUT2D eigenvalue weighted by Crippen LogP contribution is -2.12. The van der Waals surface area contributed by atoms with E-state index in [1.807, 2.05) is 6.92 Å². The van der Waals surface area contributed by atoms with Crippen LogP contribution >= 0.6 is 0 Å². The summed E-state index contributed by atoms with van der Waals surface area (Å²) in [6.07, 6.45) is 0. The lowest BCUT2D eigenvalue weighted by atomic mass is 10.1. The van der Waals surface area contributed by atoms with Crippen LogP contribution in [0.15, 0.2) is 36.4 Å². The number of hydrogen-bond donors (Lipinski definition) is 2. The van der Waals surface area contributed by atoms with E-state index in [9.17, 15) is 9.18 Å². The summed E-state index contributed by atoms with van der Waals surface area (Å²) in [7, 11) is 0. The quantitative estimate of drug-likeness (QED) is 0.832. The fourth-order valence-corrected chi connectivity index (χ4v) is 1.69. The summed E-state index contributed by atoms with van der Waals surface area (Å²) in [5, 5.41) is 0. The number of amides is 1. The third-order valence-electron chi connectivity index (χ3n) is 2.63. The monoisotopic (exact) mass is 260 g/mol. The number of carbonyl (C=O) groups is 1. The molecule has 0 heterocycles. The van der Waals surface area contributed by atoms with E-state index >= 15 is 0 Å². The highest BCUT2D eigenvalue weighted by atomic mass is 19.1. The van der Waals surface area contributed by atoms with Crippen LogP contribution in [-0.2, 0) is 0 Å². The van der Waals surface area contributed by atoms with Gasteiger partial charge in [-0.1, -0.05) is 0 Å².